The number of urea groups is 1. The maximum absolute atomic E-state index is 12.4. The van der Waals surface area contributed by atoms with Gasteiger partial charge in [0.25, 0.3) is 0 Å². The van der Waals surface area contributed by atoms with E-state index in [1.54, 1.807) is 31.3 Å². The van der Waals surface area contributed by atoms with Crippen LogP contribution < -0.4 is 19.7 Å². The minimum Gasteiger partial charge on any atom is -0.493 e. The van der Waals surface area contributed by atoms with E-state index in [1.807, 2.05) is 30.3 Å². The summed E-state index contributed by atoms with van der Waals surface area (Å²) in [4.78, 5) is 16.5. The van der Waals surface area contributed by atoms with E-state index >= 15 is 0 Å². The number of amides is 2. The molecule has 2 amide bonds. The van der Waals surface area contributed by atoms with E-state index in [2.05, 4.69) is 10.2 Å². The van der Waals surface area contributed by atoms with Crippen LogP contribution in [0.4, 0.5) is 16.2 Å². The highest BCUT2D eigenvalue weighted by atomic mass is 35.5. The summed E-state index contributed by atoms with van der Waals surface area (Å²) in [5, 5.41) is 3.40. The van der Waals surface area contributed by atoms with Crippen molar-refractivity contribution in [2.24, 2.45) is 0 Å². The van der Waals surface area contributed by atoms with Crippen LogP contribution >= 0.6 is 11.6 Å². The fraction of sp³-hybridized carbons (Fsp3) is 0.316. The van der Waals surface area contributed by atoms with Crippen LogP contribution in [-0.2, 0) is 0 Å². The number of methoxy groups -OCH3 is 2. The Kier molecular flexibility index (Phi) is 5.73. The third-order valence-corrected chi connectivity index (χ3v) is 4.74. The van der Waals surface area contributed by atoms with Gasteiger partial charge in [-0.25, -0.2) is 4.79 Å². The van der Waals surface area contributed by atoms with Crippen LogP contribution in [0.3, 0.4) is 0 Å². The average molecular weight is 376 g/mol. The molecular weight excluding hydrogens is 354 g/mol. The van der Waals surface area contributed by atoms with Gasteiger partial charge in [0.05, 0.1) is 24.9 Å². The van der Waals surface area contributed by atoms with Gasteiger partial charge in [0.2, 0.25) is 0 Å². The van der Waals surface area contributed by atoms with E-state index in [9.17, 15) is 4.79 Å². The Morgan fingerprint density at radius 1 is 1.00 bits per heavy atom. The fourth-order valence-electron chi connectivity index (χ4n) is 2.95. The van der Waals surface area contributed by atoms with Crippen LogP contribution in [0.5, 0.6) is 11.5 Å². The summed E-state index contributed by atoms with van der Waals surface area (Å²) in [5.41, 5.74) is 1.68. The molecule has 6 nitrogen and oxygen atoms in total. The third-order valence-electron chi connectivity index (χ3n) is 4.41. The Balaban J connectivity index is 1.60. The second kappa shape index (κ2) is 8.19. The zero-order valence-corrected chi connectivity index (χ0v) is 15.6. The third kappa shape index (κ3) is 3.96. The average Bonchev–Trinajstić information content (AvgIpc) is 2.69. The van der Waals surface area contributed by atoms with Crippen molar-refractivity contribution in [3.63, 3.8) is 0 Å². The summed E-state index contributed by atoms with van der Waals surface area (Å²) in [7, 11) is 3.24. The van der Waals surface area contributed by atoms with Crippen molar-refractivity contribution in [2.45, 2.75) is 0 Å². The zero-order valence-electron chi connectivity index (χ0n) is 14.9. The predicted molar refractivity (Wildman–Crippen MR) is 104 cm³/mol. The number of benzene rings is 2. The Morgan fingerprint density at radius 3 is 2.35 bits per heavy atom. The first-order valence-corrected chi connectivity index (χ1v) is 8.77. The molecule has 0 atom stereocenters. The van der Waals surface area contributed by atoms with Crippen LogP contribution in [-0.4, -0.2) is 51.3 Å². The van der Waals surface area contributed by atoms with Crippen LogP contribution in [0.2, 0.25) is 5.02 Å². The van der Waals surface area contributed by atoms with Crippen molar-refractivity contribution in [2.75, 3.05) is 50.6 Å². The number of piperazine rings is 1. The molecule has 0 spiro atoms. The highest BCUT2D eigenvalue weighted by molar-refractivity contribution is 6.33. The molecular formula is C19H22ClN3O3. The molecule has 1 N–H and O–H groups in total. The highest BCUT2D eigenvalue weighted by Crippen LogP contribution is 2.32. The maximum Gasteiger partial charge on any atom is 0.322 e. The topological polar surface area (TPSA) is 54.0 Å². The van der Waals surface area contributed by atoms with E-state index in [0.29, 0.717) is 35.3 Å². The first-order valence-electron chi connectivity index (χ1n) is 8.40. The van der Waals surface area contributed by atoms with Gasteiger partial charge in [-0.3, -0.25) is 0 Å². The standard InChI is InChI=1S/C19H22ClN3O3/c1-25-17-8-7-14(13-18(17)26-2)22-9-11-23(12-10-22)19(24)21-16-6-4-3-5-15(16)20/h3-8,13H,9-12H2,1-2H3,(H,21,24). The second-order valence-corrected chi connectivity index (χ2v) is 6.33. The lowest BCUT2D eigenvalue weighted by Crippen LogP contribution is -2.50. The first-order chi connectivity index (χ1) is 12.6. The SMILES string of the molecule is COc1ccc(N2CCN(C(=O)Nc3ccccc3Cl)CC2)cc1OC. The second-order valence-electron chi connectivity index (χ2n) is 5.92. The number of ether oxygens (including phenoxy) is 2. The molecule has 2 aromatic carbocycles. The monoisotopic (exact) mass is 375 g/mol. The quantitative estimate of drug-likeness (QED) is 0.885. The van der Waals surface area contributed by atoms with Crippen molar-refractivity contribution in [1.29, 1.82) is 0 Å². The highest BCUT2D eigenvalue weighted by Gasteiger charge is 2.22. The summed E-state index contributed by atoms with van der Waals surface area (Å²) in [5.74, 6) is 1.40. The summed E-state index contributed by atoms with van der Waals surface area (Å²) < 4.78 is 10.6. The molecule has 0 radical (unpaired) electrons. The Bertz CT molecular complexity index is 776. The molecule has 7 heteroatoms. The number of halogens is 1. The molecule has 0 aromatic heterocycles. The van der Waals surface area contributed by atoms with Gasteiger partial charge in [0.15, 0.2) is 11.5 Å². The van der Waals surface area contributed by atoms with Gasteiger partial charge in [0.1, 0.15) is 0 Å². The summed E-state index contributed by atoms with van der Waals surface area (Å²) in [6.45, 7) is 2.74. The normalized spacial score (nSPS) is 14.1. The van der Waals surface area contributed by atoms with E-state index < -0.39 is 0 Å². The van der Waals surface area contributed by atoms with Gasteiger partial charge in [-0.15, -0.1) is 0 Å². The van der Waals surface area contributed by atoms with E-state index in [4.69, 9.17) is 21.1 Å². The van der Waals surface area contributed by atoms with Crippen molar-refractivity contribution in [3.05, 3.63) is 47.5 Å². The van der Waals surface area contributed by atoms with E-state index in [0.717, 1.165) is 18.8 Å². The van der Waals surface area contributed by atoms with Gasteiger partial charge >= 0.3 is 6.03 Å². The number of carbonyl (C=O) groups is 1. The molecule has 26 heavy (non-hydrogen) atoms. The van der Waals surface area contributed by atoms with E-state index in [-0.39, 0.29) is 6.03 Å². The molecule has 1 aliphatic rings. The molecule has 0 unspecified atom stereocenters. The van der Waals surface area contributed by atoms with E-state index in [1.165, 1.54) is 0 Å². The minimum absolute atomic E-state index is 0.134. The number of anilines is 2. The maximum atomic E-state index is 12.4. The molecule has 0 aliphatic carbocycles. The number of hydrogen-bond donors (Lipinski definition) is 1. The van der Waals surface area contributed by atoms with Gasteiger partial charge in [-0.05, 0) is 24.3 Å². The van der Waals surface area contributed by atoms with Crippen LogP contribution in [0.15, 0.2) is 42.5 Å². The van der Waals surface area contributed by atoms with Gasteiger partial charge in [0, 0.05) is 37.9 Å². The Labute approximate surface area is 158 Å². The molecule has 0 bridgehead atoms. The number of hydrogen-bond acceptors (Lipinski definition) is 4. The van der Waals surface area contributed by atoms with Gasteiger partial charge < -0.3 is 24.6 Å². The molecule has 1 aliphatic heterocycles. The molecule has 138 valence electrons. The minimum atomic E-state index is -0.134. The molecule has 1 heterocycles. The lowest BCUT2D eigenvalue weighted by atomic mass is 10.2. The molecule has 1 saturated heterocycles. The zero-order chi connectivity index (χ0) is 18.5. The lowest BCUT2D eigenvalue weighted by molar-refractivity contribution is 0.208. The van der Waals surface area contributed by atoms with Crippen molar-refractivity contribution in [1.82, 2.24) is 4.90 Å². The van der Waals surface area contributed by atoms with Gasteiger partial charge in [-0.2, -0.15) is 0 Å². The largest absolute Gasteiger partial charge is 0.493 e. The van der Waals surface area contributed by atoms with Crippen LogP contribution in [0, 0.1) is 0 Å². The number of rotatable bonds is 4. The Hall–Kier alpha value is -2.60. The van der Waals surface area contributed by atoms with Crippen molar-refractivity contribution in [3.8, 4) is 11.5 Å². The van der Waals surface area contributed by atoms with Crippen LogP contribution in [0.1, 0.15) is 0 Å². The fourth-order valence-corrected chi connectivity index (χ4v) is 3.13. The number of para-hydroxylation sites is 1. The van der Waals surface area contributed by atoms with Crippen molar-refractivity contribution >= 4 is 29.0 Å². The number of carbonyl (C=O) groups excluding carboxylic acids is 1. The summed E-state index contributed by atoms with van der Waals surface area (Å²) in [6, 6.07) is 12.9. The molecule has 3 rings (SSSR count). The molecule has 0 saturated carbocycles. The predicted octanol–water partition coefficient (Wildman–Crippen LogP) is 3.71. The van der Waals surface area contributed by atoms with Crippen molar-refractivity contribution < 1.29 is 14.3 Å². The number of nitrogens with one attached hydrogen (secondary N) is 1. The van der Waals surface area contributed by atoms with Gasteiger partial charge in [-0.1, -0.05) is 23.7 Å². The molecule has 2 aromatic rings. The van der Waals surface area contributed by atoms with Crippen LogP contribution in [0.25, 0.3) is 0 Å². The summed E-state index contributed by atoms with van der Waals surface area (Å²) >= 11 is 6.10. The number of nitrogens with zero attached hydrogens (tertiary/aromatic N) is 2. The summed E-state index contributed by atoms with van der Waals surface area (Å²) in [6.07, 6.45) is 0. The Morgan fingerprint density at radius 2 is 1.69 bits per heavy atom. The lowest BCUT2D eigenvalue weighted by Gasteiger charge is -2.36. The first kappa shape index (κ1) is 18.2. The smallest absolute Gasteiger partial charge is 0.322 e. The molecule has 1 fully saturated rings.